The molecule has 2 heterocycles. The number of hydrogen-bond donors (Lipinski definition) is 0. The smallest absolute Gasteiger partial charge is 0.246 e. The van der Waals surface area contributed by atoms with Crippen molar-refractivity contribution in [1.82, 2.24) is 19.6 Å². The maximum absolute atomic E-state index is 13.8. The minimum absolute atomic E-state index is 0.0461. The van der Waals surface area contributed by atoms with Crippen molar-refractivity contribution in [1.29, 1.82) is 0 Å². The fourth-order valence-electron chi connectivity index (χ4n) is 3.25. The highest BCUT2D eigenvalue weighted by molar-refractivity contribution is 5.92. The van der Waals surface area contributed by atoms with E-state index in [4.69, 9.17) is 0 Å². The normalized spacial score (nSPS) is 15.6. The molecule has 1 aliphatic heterocycles. The summed E-state index contributed by atoms with van der Waals surface area (Å²) in [5.41, 5.74) is 2.31. The second kappa shape index (κ2) is 8.43. The number of nitrogens with zero attached hydrogens (tertiary/aromatic N) is 4. The second-order valence-electron chi connectivity index (χ2n) is 6.65. The lowest BCUT2D eigenvalue weighted by Gasteiger charge is -2.34. The van der Waals surface area contributed by atoms with E-state index >= 15 is 0 Å². The van der Waals surface area contributed by atoms with Gasteiger partial charge in [0.2, 0.25) is 5.91 Å². The van der Waals surface area contributed by atoms with Crippen LogP contribution in [0, 0.1) is 18.6 Å². The van der Waals surface area contributed by atoms with Gasteiger partial charge in [0.05, 0.1) is 6.20 Å². The van der Waals surface area contributed by atoms with Gasteiger partial charge in [-0.2, -0.15) is 5.10 Å². The summed E-state index contributed by atoms with van der Waals surface area (Å²) in [5.74, 6) is -1.66. The highest BCUT2D eigenvalue weighted by atomic mass is 19.2. The Balaban J connectivity index is 1.54. The molecule has 27 heavy (non-hydrogen) atoms. The van der Waals surface area contributed by atoms with Crippen LogP contribution in [0.3, 0.4) is 0 Å². The first-order valence-corrected chi connectivity index (χ1v) is 9.14. The molecule has 144 valence electrons. The molecule has 0 atom stereocenters. The molecule has 1 aromatic heterocycles. The van der Waals surface area contributed by atoms with Gasteiger partial charge in [0.15, 0.2) is 11.6 Å². The summed E-state index contributed by atoms with van der Waals surface area (Å²) in [6, 6.07) is 4.23. The second-order valence-corrected chi connectivity index (χ2v) is 6.65. The molecular formula is C20H24F2N4O. The standard InChI is InChI=1S/C20H24F2N4O/c1-3-26-15(2)16(13-23-26)7-8-19(27)25-11-9-24(10-12-25)14-17-5-4-6-18(21)20(17)22/h4-8,13H,3,9-12,14H2,1-2H3/b8-7+. The number of aryl methyl sites for hydroxylation is 1. The van der Waals surface area contributed by atoms with Crippen molar-refractivity contribution >= 4 is 12.0 Å². The molecule has 7 heteroatoms. The summed E-state index contributed by atoms with van der Waals surface area (Å²) in [6.45, 7) is 7.52. The van der Waals surface area contributed by atoms with Crippen LogP contribution < -0.4 is 0 Å². The molecule has 2 aromatic rings. The Kier molecular flexibility index (Phi) is 6.01. The van der Waals surface area contributed by atoms with Crippen molar-refractivity contribution in [3.05, 3.63) is 58.9 Å². The number of carbonyl (C=O) groups excluding carboxylic acids is 1. The number of aromatic nitrogens is 2. The van der Waals surface area contributed by atoms with Crippen molar-refractivity contribution in [3.8, 4) is 0 Å². The molecule has 5 nitrogen and oxygen atoms in total. The van der Waals surface area contributed by atoms with Crippen LogP contribution in [0.25, 0.3) is 6.08 Å². The van der Waals surface area contributed by atoms with Crippen molar-refractivity contribution in [2.75, 3.05) is 26.2 Å². The maximum atomic E-state index is 13.8. The zero-order valence-electron chi connectivity index (χ0n) is 15.7. The number of hydrogen-bond acceptors (Lipinski definition) is 3. The molecule has 0 radical (unpaired) electrons. The predicted molar refractivity (Wildman–Crippen MR) is 99.9 cm³/mol. The molecule has 0 spiro atoms. The molecule has 0 aliphatic carbocycles. The Morgan fingerprint density at radius 3 is 2.63 bits per heavy atom. The first kappa shape index (κ1) is 19.2. The van der Waals surface area contributed by atoms with Gasteiger partial charge in [0.25, 0.3) is 0 Å². The Morgan fingerprint density at radius 1 is 1.22 bits per heavy atom. The number of rotatable bonds is 5. The molecule has 0 saturated carbocycles. The Bertz CT molecular complexity index is 839. The van der Waals surface area contributed by atoms with Crippen LogP contribution >= 0.6 is 0 Å². The van der Waals surface area contributed by atoms with Crippen LogP contribution in [-0.4, -0.2) is 51.7 Å². The molecule has 3 rings (SSSR count). The number of piperazine rings is 1. The fourth-order valence-corrected chi connectivity index (χ4v) is 3.25. The third kappa shape index (κ3) is 4.42. The summed E-state index contributed by atoms with van der Waals surface area (Å²) < 4.78 is 29.0. The molecule has 0 N–H and O–H groups in total. The zero-order chi connectivity index (χ0) is 19.4. The Labute approximate surface area is 157 Å². The van der Waals surface area contributed by atoms with Gasteiger partial charge in [-0.05, 0) is 26.0 Å². The average Bonchev–Trinajstić information content (AvgIpc) is 3.04. The fraction of sp³-hybridized carbons (Fsp3) is 0.400. The lowest BCUT2D eigenvalue weighted by Crippen LogP contribution is -2.47. The minimum atomic E-state index is -0.826. The number of benzene rings is 1. The van der Waals surface area contributed by atoms with E-state index in [0.29, 0.717) is 38.3 Å². The summed E-state index contributed by atoms with van der Waals surface area (Å²) in [5, 5.41) is 4.26. The summed E-state index contributed by atoms with van der Waals surface area (Å²) in [6.07, 6.45) is 5.13. The molecular weight excluding hydrogens is 350 g/mol. The van der Waals surface area contributed by atoms with Crippen molar-refractivity contribution < 1.29 is 13.6 Å². The lowest BCUT2D eigenvalue weighted by molar-refractivity contribution is -0.127. The van der Waals surface area contributed by atoms with E-state index in [1.165, 1.54) is 6.07 Å². The molecule has 1 aliphatic rings. The van der Waals surface area contributed by atoms with Gasteiger partial charge in [-0.25, -0.2) is 8.78 Å². The van der Waals surface area contributed by atoms with Crippen LogP contribution in [0.15, 0.2) is 30.5 Å². The van der Waals surface area contributed by atoms with Gasteiger partial charge < -0.3 is 4.90 Å². The average molecular weight is 374 g/mol. The Morgan fingerprint density at radius 2 is 1.96 bits per heavy atom. The third-order valence-corrected chi connectivity index (χ3v) is 4.96. The van der Waals surface area contributed by atoms with Crippen molar-refractivity contribution in [2.24, 2.45) is 0 Å². The third-order valence-electron chi connectivity index (χ3n) is 4.96. The number of amides is 1. The SMILES string of the molecule is CCn1ncc(/C=C/C(=O)N2CCN(Cc3cccc(F)c3F)CC2)c1C. The molecule has 1 fully saturated rings. The zero-order valence-corrected chi connectivity index (χ0v) is 15.7. The topological polar surface area (TPSA) is 41.4 Å². The van der Waals surface area contributed by atoms with Gasteiger partial charge in [-0.15, -0.1) is 0 Å². The summed E-state index contributed by atoms with van der Waals surface area (Å²) >= 11 is 0. The van der Waals surface area contributed by atoms with Gasteiger partial charge in [-0.3, -0.25) is 14.4 Å². The predicted octanol–water partition coefficient (Wildman–Crippen LogP) is 2.85. The maximum Gasteiger partial charge on any atom is 0.246 e. The lowest BCUT2D eigenvalue weighted by atomic mass is 10.1. The molecule has 1 saturated heterocycles. The minimum Gasteiger partial charge on any atom is -0.337 e. The van der Waals surface area contributed by atoms with Gasteiger partial charge in [0.1, 0.15) is 0 Å². The van der Waals surface area contributed by atoms with Crippen LogP contribution in [-0.2, 0) is 17.9 Å². The van der Waals surface area contributed by atoms with Crippen LogP contribution in [0.5, 0.6) is 0 Å². The van der Waals surface area contributed by atoms with Gasteiger partial charge >= 0.3 is 0 Å². The van der Waals surface area contributed by atoms with E-state index in [2.05, 4.69) is 5.10 Å². The van der Waals surface area contributed by atoms with E-state index in [1.807, 2.05) is 23.4 Å². The summed E-state index contributed by atoms with van der Waals surface area (Å²) in [4.78, 5) is 16.2. The molecule has 0 unspecified atom stereocenters. The van der Waals surface area contributed by atoms with Crippen LogP contribution in [0.1, 0.15) is 23.7 Å². The van der Waals surface area contributed by atoms with E-state index < -0.39 is 11.6 Å². The van der Waals surface area contributed by atoms with Crippen molar-refractivity contribution in [2.45, 2.75) is 26.9 Å². The highest BCUT2D eigenvalue weighted by Gasteiger charge is 2.21. The Hall–Kier alpha value is -2.54. The van der Waals surface area contributed by atoms with Gasteiger partial charge in [-0.1, -0.05) is 12.1 Å². The monoisotopic (exact) mass is 374 g/mol. The van der Waals surface area contributed by atoms with E-state index in [9.17, 15) is 13.6 Å². The highest BCUT2D eigenvalue weighted by Crippen LogP contribution is 2.15. The van der Waals surface area contributed by atoms with E-state index in [-0.39, 0.29) is 5.91 Å². The van der Waals surface area contributed by atoms with E-state index in [0.717, 1.165) is 23.9 Å². The number of carbonyl (C=O) groups is 1. The van der Waals surface area contributed by atoms with Crippen LogP contribution in [0.2, 0.25) is 0 Å². The quantitative estimate of drug-likeness (QED) is 0.756. The van der Waals surface area contributed by atoms with Crippen LogP contribution in [0.4, 0.5) is 8.78 Å². The van der Waals surface area contributed by atoms with Crippen molar-refractivity contribution in [3.63, 3.8) is 0 Å². The molecule has 1 aromatic carbocycles. The number of halogens is 2. The van der Waals surface area contributed by atoms with Gasteiger partial charge in [0, 0.05) is 62.2 Å². The summed E-state index contributed by atoms with van der Waals surface area (Å²) in [7, 11) is 0. The van der Waals surface area contributed by atoms with E-state index in [1.54, 1.807) is 29.3 Å². The largest absolute Gasteiger partial charge is 0.337 e. The first-order chi connectivity index (χ1) is 13.0. The molecule has 1 amide bonds. The molecule has 0 bridgehead atoms. The first-order valence-electron chi connectivity index (χ1n) is 9.14.